The highest BCUT2D eigenvalue weighted by atomic mass is 16.1. The normalized spacial score (nSPS) is 10.5. The zero-order valence-corrected chi connectivity index (χ0v) is 12.2. The maximum Gasteiger partial charge on any atom is 0.271 e. The van der Waals surface area contributed by atoms with Crippen LogP contribution in [-0.2, 0) is 13.0 Å². The molecule has 3 rings (SSSR count). The number of hydrogen-bond acceptors (Lipinski definition) is 2. The molecule has 2 heterocycles. The van der Waals surface area contributed by atoms with Gasteiger partial charge in [-0.1, -0.05) is 30.3 Å². The third-order valence-electron chi connectivity index (χ3n) is 3.66. The van der Waals surface area contributed by atoms with Gasteiger partial charge in [-0.2, -0.15) is 0 Å². The molecule has 0 amide bonds. The van der Waals surface area contributed by atoms with E-state index in [2.05, 4.69) is 33.8 Å². The summed E-state index contributed by atoms with van der Waals surface area (Å²) < 4.78 is 2.14. The zero-order valence-electron chi connectivity index (χ0n) is 12.2. The Labute approximate surface area is 128 Å². The van der Waals surface area contributed by atoms with Crippen LogP contribution in [0.5, 0.6) is 0 Å². The SMILES string of the molecule is Nc1cc(-c2cc[n+](CCc3ccccc3)cc2)c[nH]c1=O. The summed E-state index contributed by atoms with van der Waals surface area (Å²) in [5, 5.41) is 0. The van der Waals surface area contributed by atoms with Crippen LogP contribution in [0.3, 0.4) is 0 Å². The van der Waals surface area contributed by atoms with E-state index in [9.17, 15) is 4.79 Å². The van der Waals surface area contributed by atoms with E-state index < -0.39 is 0 Å². The molecule has 0 bridgehead atoms. The third-order valence-corrected chi connectivity index (χ3v) is 3.66. The van der Waals surface area contributed by atoms with Gasteiger partial charge < -0.3 is 10.7 Å². The van der Waals surface area contributed by atoms with E-state index >= 15 is 0 Å². The number of aromatic amines is 1. The lowest BCUT2D eigenvalue weighted by Crippen LogP contribution is -2.33. The number of anilines is 1. The largest absolute Gasteiger partial charge is 0.394 e. The first-order valence-electron chi connectivity index (χ1n) is 7.24. The van der Waals surface area contributed by atoms with Gasteiger partial charge in [0.2, 0.25) is 0 Å². The van der Waals surface area contributed by atoms with Crippen molar-refractivity contribution in [3.8, 4) is 11.1 Å². The summed E-state index contributed by atoms with van der Waals surface area (Å²) in [6.45, 7) is 0.929. The van der Waals surface area contributed by atoms with E-state index in [0.717, 1.165) is 24.1 Å². The fourth-order valence-electron chi connectivity index (χ4n) is 2.37. The van der Waals surface area contributed by atoms with E-state index in [1.807, 2.05) is 30.6 Å². The Morgan fingerprint density at radius 3 is 2.41 bits per heavy atom. The van der Waals surface area contributed by atoms with Crippen LogP contribution in [0.4, 0.5) is 5.69 Å². The van der Waals surface area contributed by atoms with Crippen molar-refractivity contribution in [1.29, 1.82) is 0 Å². The molecule has 0 aliphatic rings. The van der Waals surface area contributed by atoms with Crippen molar-refractivity contribution in [3.63, 3.8) is 0 Å². The van der Waals surface area contributed by atoms with Crippen molar-refractivity contribution in [2.75, 3.05) is 5.73 Å². The number of H-pyrrole nitrogens is 1. The summed E-state index contributed by atoms with van der Waals surface area (Å²) in [6, 6.07) is 16.2. The number of benzene rings is 1. The molecule has 0 aliphatic carbocycles. The van der Waals surface area contributed by atoms with Crippen LogP contribution in [0, 0.1) is 0 Å². The van der Waals surface area contributed by atoms with Crippen molar-refractivity contribution >= 4 is 5.69 Å². The van der Waals surface area contributed by atoms with Crippen LogP contribution in [-0.4, -0.2) is 4.98 Å². The molecule has 0 aliphatic heterocycles. The number of hydrogen-bond donors (Lipinski definition) is 2. The Morgan fingerprint density at radius 2 is 1.73 bits per heavy atom. The highest BCUT2D eigenvalue weighted by Gasteiger charge is 2.05. The molecule has 0 saturated heterocycles. The number of pyridine rings is 2. The molecule has 110 valence electrons. The van der Waals surface area contributed by atoms with Crippen molar-refractivity contribution in [3.05, 3.63) is 83.0 Å². The van der Waals surface area contributed by atoms with E-state index in [-0.39, 0.29) is 11.2 Å². The van der Waals surface area contributed by atoms with Crippen molar-refractivity contribution < 1.29 is 4.57 Å². The molecule has 0 spiro atoms. The number of rotatable bonds is 4. The second-order valence-electron chi connectivity index (χ2n) is 5.23. The standard InChI is InChI=1S/C18H17N3O/c19-17-12-16(13-20-18(17)22)15-7-10-21(11-8-15)9-6-14-4-2-1-3-5-14/h1-5,7-8,10-13H,6,9,19H2/p+1. The average molecular weight is 292 g/mol. The first-order chi connectivity index (χ1) is 10.7. The molecule has 0 unspecified atom stereocenters. The van der Waals surface area contributed by atoms with Crippen molar-refractivity contribution in [1.82, 2.24) is 4.98 Å². The van der Waals surface area contributed by atoms with Gasteiger partial charge in [-0.05, 0) is 17.2 Å². The van der Waals surface area contributed by atoms with Crippen molar-refractivity contribution in [2.45, 2.75) is 13.0 Å². The summed E-state index contributed by atoms with van der Waals surface area (Å²) in [6.07, 6.45) is 6.76. The maximum absolute atomic E-state index is 11.3. The van der Waals surface area contributed by atoms with Gasteiger partial charge >= 0.3 is 0 Å². The lowest BCUT2D eigenvalue weighted by atomic mass is 10.1. The number of nitrogens with one attached hydrogen (secondary N) is 1. The molecule has 0 saturated carbocycles. The van der Waals surface area contributed by atoms with Crippen LogP contribution in [0.25, 0.3) is 11.1 Å². The molecule has 1 aromatic carbocycles. The average Bonchev–Trinajstić information content (AvgIpc) is 2.57. The molecule has 22 heavy (non-hydrogen) atoms. The summed E-state index contributed by atoms with van der Waals surface area (Å²) in [5.74, 6) is 0. The van der Waals surface area contributed by atoms with Crippen LogP contribution in [0.15, 0.2) is 71.9 Å². The van der Waals surface area contributed by atoms with E-state index in [4.69, 9.17) is 5.73 Å². The number of nitrogen functional groups attached to an aromatic ring is 1. The minimum absolute atomic E-state index is 0.235. The zero-order chi connectivity index (χ0) is 15.4. The smallest absolute Gasteiger partial charge is 0.271 e. The predicted octanol–water partition coefficient (Wildman–Crippen LogP) is 2.15. The molecule has 4 heteroatoms. The quantitative estimate of drug-likeness (QED) is 0.724. The lowest BCUT2D eigenvalue weighted by Gasteiger charge is -2.02. The maximum atomic E-state index is 11.3. The number of nitrogens with two attached hydrogens (primary N) is 1. The summed E-state index contributed by atoms with van der Waals surface area (Å²) in [7, 11) is 0. The number of aromatic nitrogens is 2. The van der Waals surface area contributed by atoms with Crippen LogP contribution in [0.2, 0.25) is 0 Å². The molecular weight excluding hydrogens is 274 g/mol. The van der Waals surface area contributed by atoms with Crippen molar-refractivity contribution in [2.24, 2.45) is 0 Å². The van der Waals surface area contributed by atoms with Gasteiger partial charge in [-0.15, -0.1) is 0 Å². The van der Waals surface area contributed by atoms with Gasteiger partial charge in [0, 0.05) is 30.3 Å². The van der Waals surface area contributed by atoms with E-state index in [0.29, 0.717) is 0 Å². The third kappa shape index (κ3) is 3.23. The Kier molecular flexibility index (Phi) is 4.01. The van der Waals surface area contributed by atoms with Crippen LogP contribution < -0.4 is 15.9 Å². The molecule has 2 aromatic heterocycles. The highest BCUT2D eigenvalue weighted by Crippen LogP contribution is 2.17. The first-order valence-corrected chi connectivity index (χ1v) is 7.24. The molecule has 3 aromatic rings. The van der Waals surface area contributed by atoms with Gasteiger partial charge in [-0.25, -0.2) is 4.57 Å². The topological polar surface area (TPSA) is 62.8 Å². The molecule has 0 fully saturated rings. The second-order valence-corrected chi connectivity index (χ2v) is 5.23. The Balaban J connectivity index is 1.72. The summed E-state index contributed by atoms with van der Waals surface area (Å²) in [5.41, 5.74) is 8.90. The highest BCUT2D eigenvalue weighted by molar-refractivity contribution is 5.64. The monoisotopic (exact) mass is 292 g/mol. The molecule has 0 radical (unpaired) electrons. The summed E-state index contributed by atoms with van der Waals surface area (Å²) in [4.78, 5) is 13.9. The Hall–Kier alpha value is -2.88. The van der Waals surface area contributed by atoms with Gasteiger partial charge in [0.15, 0.2) is 18.9 Å². The fraction of sp³-hybridized carbons (Fsp3) is 0.111. The van der Waals surface area contributed by atoms with Crippen LogP contribution in [0.1, 0.15) is 5.56 Å². The fourth-order valence-corrected chi connectivity index (χ4v) is 2.37. The van der Waals surface area contributed by atoms with Gasteiger partial charge in [-0.3, -0.25) is 4.79 Å². The van der Waals surface area contributed by atoms with Gasteiger partial charge in [0.25, 0.3) is 5.56 Å². The minimum atomic E-state index is -0.252. The predicted molar refractivity (Wildman–Crippen MR) is 87.3 cm³/mol. The molecule has 3 N–H and O–H groups in total. The van der Waals surface area contributed by atoms with E-state index in [1.165, 1.54) is 5.56 Å². The Bertz CT molecular complexity index is 808. The number of aryl methyl sites for hydroxylation is 2. The van der Waals surface area contributed by atoms with Gasteiger partial charge in [0.05, 0.1) is 5.69 Å². The molecule has 0 atom stereocenters. The molecular formula is C18H18N3O+. The first kappa shape index (κ1) is 14.1. The second kappa shape index (κ2) is 6.26. The van der Waals surface area contributed by atoms with Gasteiger partial charge in [0.1, 0.15) is 0 Å². The minimum Gasteiger partial charge on any atom is -0.394 e. The summed E-state index contributed by atoms with van der Waals surface area (Å²) >= 11 is 0. The Morgan fingerprint density at radius 1 is 1.00 bits per heavy atom. The number of nitrogens with zero attached hydrogens (tertiary/aromatic N) is 1. The van der Waals surface area contributed by atoms with Crippen LogP contribution >= 0.6 is 0 Å². The molecule has 4 nitrogen and oxygen atoms in total. The lowest BCUT2D eigenvalue weighted by molar-refractivity contribution is -0.696. The van der Waals surface area contributed by atoms with E-state index in [1.54, 1.807) is 12.3 Å².